The van der Waals surface area contributed by atoms with E-state index in [4.69, 9.17) is 4.98 Å². The van der Waals surface area contributed by atoms with Gasteiger partial charge in [0.1, 0.15) is 0 Å². The number of carbonyl (C=O) groups is 1. The van der Waals surface area contributed by atoms with Crippen molar-refractivity contribution in [3.63, 3.8) is 0 Å². The molecule has 237 valence electrons. The summed E-state index contributed by atoms with van der Waals surface area (Å²) in [6.07, 6.45) is 6.83. The average Bonchev–Trinajstić information content (AvgIpc) is 3.37. The largest absolute Gasteiger partial charge is 0.512 e. The van der Waals surface area contributed by atoms with Crippen LogP contribution in [0, 0.1) is 24.8 Å². The van der Waals surface area contributed by atoms with Gasteiger partial charge in [0.2, 0.25) is 0 Å². The zero-order valence-corrected chi connectivity index (χ0v) is 29.6. The molecule has 7 rings (SSSR count). The SMILES string of the molecule is CCC(CC)C(=O)/C=C(\O)C(CC)CC.Cc1c2c3cc4ccccc4[c-]c3c3nccc4ccc(c2c43)n1-c1ccccc1.[Ir]. The number of hydrogen-bond acceptors (Lipinski definition) is 3. The van der Waals surface area contributed by atoms with E-state index in [1.165, 1.54) is 55.3 Å². The van der Waals surface area contributed by atoms with Gasteiger partial charge in [-0.25, -0.2) is 0 Å². The monoisotopic (exact) mass is 786 g/mol. The molecule has 0 aliphatic rings. The van der Waals surface area contributed by atoms with Crippen molar-refractivity contribution in [1.29, 1.82) is 0 Å². The fourth-order valence-electron chi connectivity index (χ4n) is 6.93. The molecule has 1 radical (unpaired) electrons. The molecule has 1 N–H and O–H groups in total. The molecule has 0 spiro atoms. The van der Waals surface area contributed by atoms with Crippen LogP contribution >= 0.6 is 0 Å². The molecule has 0 aliphatic heterocycles. The number of aromatic nitrogens is 2. The van der Waals surface area contributed by atoms with Crippen LogP contribution in [-0.4, -0.2) is 20.4 Å². The number of carbonyl (C=O) groups excluding carboxylic acids is 1. The van der Waals surface area contributed by atoms with E-state index in [2.05, 4.69) is 96.4 Å². The first-order valence-corrected chi connectivity index (χ1v) is 16.3. The van der Waals surface area contributed by atoms with Gasteiger partial charge in [0.25, 0.3) is 0 Å². The number of aliphatic hydroxyl groups is 1. The molecule has 2 aromatic heterocycles. The Morgan fingerprint density at radius 2 is 1.50 bits per heavy atom. The van der Waals surface area contributed by atoms with E-state index in [-0.39, 0.29) is 43.5 Å². The van der Waals surface area contributed by atoms with Crippen LogP contribution in [0.3, 0.4) is 0 Å². The van der Waals surface area contributed by atoms with Crippen molar-refractivity contribution < 1.29 is 30.0 Å². The minimum Gasteiger partial charge on any atom is -0.512 e. The van der Waals surface area contributed by atoms with E-state index >= 15 is 0 Å². The van der Waals surface area contributed by atoms with E-state index in [9.17, 15) is 9.90 Å². The number of benzene rings is 5. The van der Waals surface area contributed by atoms with Crippen molar-refractivity contribution >= 4 is 59.9 Å². The number of ketones is 1. The van der Waals surface area contributed by atoms with E-state index in [1.807, 2.05) is 33.9 Å². The number of aliphatic hydroxyl groups excluding tert-OH is 1. The maximum atomic E-state index is 11.7. The van der Waals surface area contributed by atoms with Gasteiger partial charge < -0.3 is 9.67 Å². The van der Waals surface area contributed by atoms with Crippen LogP contribution in [-0.2, 0) is 24.9 Å². The van der Waals surface area contributed by atoms with E-state index in [1.54, 1.807) is 0 Å². The Labute approximate surface area is 284 Å². The minimum atomic E-state index is 0. The van der Waals surface area contributed by atoms with Gasteiger partial charge in [0.15, 0.2) is 5.78 Å². The number of fused-ring (bicyclic) bond motifs is 4. The summed E-state index contributed by atoms with van der Waals surface area (Å²) in [5, 5.41) is 19.5. The second kappa shape index (κ2) is 14.2. The van der Waals surface area contributed by atoms with E-state index in [0.29, 0.717) is 0 Å². The topological polar surface area (TPSA) is 55.1 Å². The summed E-state index contributed by atoms with van der Waals surface area (Å²) >= 11 is 0. The third kappa shape index (κ3) is 5.83. The average molecular weight is 786 g/mol. The Kier molecular flexibility index (Phi) is 10.3. The van der Waals surface area contributed by atoms with Crippen molar-refractivity contribution in [2.75, 3.05) is 0 Å². The number of aryl methyl sites for hydroxylation is 1. The summed E-state index contributed by atoms with van der Waals surface area (Å²) in [6, 6.07) is 31.7. The van der Waals surface area contributed by atoms with Crippen molar-refractivity contribution in [3.05, 3.63) is 109 Å². The van der Waals surface area contributed by atoms with Gasteiger partial charge >= 0.3 is 0 Å². The fourth-order valence-corrected chi connectivity index (χ4v) is 6.93. The molecule has 0 atom stereocenters. The Hall–Kier alpha value is -4.05. The zero-order chi connectivity index (χ0) is 31.7. The summed E-state index contributed by atoms with van der Waals surface area (Å²) in [5.41, 5.74) is 4.71. The molecule has 0 saturated heterocycles. The molecular formula is C41H41IrN2O2-. The molecule has 5 heteroatoms. The zero-order valence-electron chi connectivity index (χ0n) is 27.2. The Morgan fingerprint density at radius 1 is 0.826 bits per heavy atom. The number of hydrogen-bond donors (Lipinski definition) is 1. The molecule has 0 aliphatic carbocycles. The molecule has 0 saturated carbocycles. The smallest absolute Gasteiger partial charge is 0.162 e. The minimum absolute atomic E-state index is 0. The summed E-state index contributed by atoms with van der Waals surface area (Å²) in [4.78, 5) is 16.6. The summed E-state index contributed by atoms with van der Waals surface area (Å²) in [6.45, 7) is 10.3. The fraction of sp³-hybridized carbons (Fsp3) is 0.268. The molecule has 7 aromatic rings. The summed E-state index contributed by atoms with van der Waals surface area (Å²) in [5.74, 6) is 0.547. The standard InChI is InChI=1S/C28H17N2.C13H24O2.Ir/c1-17-25-22-15-19-7-5-6-8-20(19)16-23(22)28-26-18(13-14-29-28)11-12-24(27(25)26)30(17)21-9-3-2-4-10-21;1-5-10(6-2)12(14)9-13(15)11(7-3)8-4;/h2-15H,1H3;9-11,14H,5-8H2,1-4H3;/q-1;;/b;12-9-;. The van der Waals surface area contributed by atoms with Crippen molar-refractivity contribution in [3.8, 4) is 5.69 Å². The first-order valence-electron chi connectivity index (χ1n) is 16.3. The molecule has 0 fully saturated rings. The van der Waals surface area contributed by atoms with E-state index in [0.717, 1.165) is 42.0 Å². The van der Waals surface area contributed by atoms with Gasteiger partial charge in [0.05, 0.1) is 11.3 Å². The van der Waals surface area contributed by atoms with Gasteiger partial charge in [-0.1, -0.05) is 86.3 Å². The van der Waals surface area contributed by atoms with Crippen molar-refractivity contribution in [2.45, 2.75) is 60.3 Å². The van der Waals surface area contributed by atoms with Gasteiger partial charge in [-0.2, -0.15) is 0 Å². The number of pyridine rings is 1. The van der Waals surface area contributed by atoms with Crippen LogP contribution in [0.1, 0.15) is 59.1 Å². The van der Waals surface area contributed by atoms with Crippen LogP contribution in [0.4, 0.5) is 0 Å². The third-order valence-corrected chi connectivity index (χ3v) is 9.49. The normalized spacial score (nSPS) is 12.0. The first-order chi connectivity index (χ1) is 21.9. The number of allylic oxidation sites excluding steroid dienone is 2. The maximum absolute atomic E-state index is 11.7. The molecule has 46 heavy (non-hydrogen) atoms. The summed E-state index contributed by atoms with van der Waals surface area (Å²) < 4.78 is 2.38. The molecular weight excluding hydrogens is 745 g/mol. The third-order valence-electron chi connectivity index (χ3n) is 9.49. The summed E-state index contributed by atoms with van der Waals surface area (Å²) in [7, 11) is 0. The number of para-hydroxylation sites is 1. The second-order valence-corrected chi connectivity index (χ2v) is 12.0. The van der Waals surface area contributed by atoms with Gasteiger partial charge in [-0.3, -0.25) is 9.78 Å². The van der Waals surface area contributed by atoms with Crippen LogP contribution in [0.2, 0.25) is 0 Å². The van der Waals surface area contributed by atoms with Gasteiger partial charge in [-0.15, -0.1) is 23.6 Å². The molecule has 4 nitrogen and oxygen atoms in total. The van der Waals surface area contributed by atoms with Crippen molar-refractivity contribution in [2.24, 2.45) is 11.8 Å². The van der Waals surface area contributed by atoms with Gasteiger partial charge in [-0.05, 0) is 73.0 Å². The molecule has 0 amide bonds. The predicted molar refractivity (Wildman–Crippen MR) is 190 cm³/mol. The Morgan fingerprint density at radius 3 is 2.20 bits per heavy atom. The van der Waals surface area contributed by atoms with Crippen LogP contribution in [0.15, 0.2) is 96.9 Å². The second-order valence-electron chi connectivity index (χ2n) is 12.0. The maximum Gasteiger partial charge on any atom is 0.162 e. The Balaban J connectivity index is 0.000000225. The molecule has 0 bridgehead atoms. The van der Waals surface area contributed by atoms with E-state index < -0.39 is 0 Å². The number of nitrogens with zero attached hydrogens (tertiary/aromatic N) is 2. The molecule has 2 heterocycles. The molecule has 0 unspecified atom stereocenters. The molecule has 5 aromatic carbocycles. The number of rotatable bonds is 8. The van der Waals surface area contributed by atoms with Crippen LogP contribution in [0.25, 0.3) is 59.8 Å². The van der Waals surface area contributed by atoms with Crippen molar-refractivity contribution in [1.82, 2.24) is 9.55 Å². The quantitative estimate of drug-likeness (QED) is 0.0549. The van der Waals surface area contributed by atoms with Crippen LogP contribution in [0.5, 0.6) is 0 Å². The first kappa shape index (κ1) is 33.3. The van der Waals surface area contributed by atoms with Crippen LogP contribution < -0.4 is 0 Å². The predicted octanol–water partition coefficient (Wildman–Crippen LogP) is 11.1. The Bertz CT molecular complexity index is 2160. The van der Waals surface area contributed by atoms with Gasteiger partial charge in [0, 0.05) is 66.5 Å².